The number of aliphatic hydroxyl groups excluding tert-OH is 3. The zero-order chi connectivity index (χ0) is 14.8. The summed E-state index contributed by atoms with van der Waals surface area (Å²) < 4.78 is 20.0. The van der Waals surface area contributed by atoms with Gasteiger partial charge in [-0.2, -0.15) is 0 Å². The fourth-order valence-electron chi connectivity index (χ4n) is 1.70. The van der Waals surface area contributed by atoms with Crippen molar-refractivity contribution in [2.24, 2.45) is 0 Å². The number of ether oxygens (including phenoxy) is 1. The van der Waals surface area contributed by atoms with Crippen molar-refractivity contribution < 1.29 is 43.7 Å². The van der Waals surface area contributed by atoms with E-state index >= 15 is 0 Å². The van der Waals surface area contributed by atoms with Crippen LogP contribution in [0.25, 0.3) is 0 Å². The standard InChI is InChI=1S/C8H16NO9P/c1-3(11)9-5-7(13)6(12)4(2-10)17-8(5)18-19(14,15)16/h4-8,10,12-13H,2H2,1H3,(H,9,11)(H2,14,15,16)/t4-,5-,6-,7?,8+/m1/s1. The van der Waals surface area contributed by atoms with Gasteiger partial charge < -0.3 is 35.2 Å². The number of nitrogens with one attached hydrogen (secondary N) is 1. The van der Waals surface area contributed by atoms with Gasteiger partial charge in [0, 0.05) is 6.92 Å². The van der Waals surface area contributed by atoms with Crippen molar-refractivity contribution in [2.75, 3.05) is 6.61 Å². The SMILES string of the molecule is CC(=O)N[C@@H]1C(O)[C@H](O)[C@@H](CO)O[C@H]1OP(=O)(O)O. The molecular formula is C8H16NO9P. The molecule has 5 atom stereocenters. The summed E-state index contributed by atoms with van der Waals surface area (Å²) in [7, 11) is -4.95. The molecule has 1 aliphatic heterocycles. The zero-order valence-electron chi connectivity index (χ0n) is 9.91. The minimum absolute atomic E-state index is 0.624. The van der Waals surface area contributed by atoms with Gasteiger partial charge in [-0.05, 0) is 0 Å². The number of amides is 1. The first-order chi connectivity index (χ1) is 8.65. The van der Waals surface area contributed by atoms with E-state index in [1.807, 2.05) is 0 Å². The Kier molecular flexibility index (Phi) is 5.42. The number of phosphoric acid groups is 1. The third kappa shape index (κ3) is 4.48. The highest BCUT2D eigenvalue weighted by atomic mass is 31.2. The molecule has 6 N–H and O–H groups in total. The highest BCUT2D eigenvalue weighted by Gasteiger charge is 2.47. The Hall–Kier alpha value is -0.580. The largest absolute Gasteiger partial charge is 0.472 e. The van der Waals surface area contributed by atoms with Crippen molar-refractivity contribution >= 4 is 13.7 Å². The number of carbonyl (C=O) groups excluding carboxylic acids is 1. The minimum Gasteiger partial charge on any atom is -0.394 e. The number of hydrogen-bond acceptors (Lipinski definition) is 7. The maximum atomic E-state index is 11.0. The summed E-state index contributed by atoms with van der Waals surface area (Å²) in [4.78, 5) is 28.4. The highest BCUT2D eigenvalue weighted by Crippen LogP contribution is 2.40. The average Bonchev–Trinajstić information content (AvgIpc) is 2.26. The van der Waals surface area contributed by atoms with E-state index in [1.165, 1.54) is 0 Å². The predicted molar refractivity (Wildman–Crippen MR) is 58.5 cm³/mol. The van der Waals surface area contributed by atoms with Crippen LogP contribution in [0.15, 0.2) is 0 Å². The van der Waals surface area contributed by atoms with Crippen LogP contribution < -0.4 is 5.32 Å². The molecule has 1 heterocycles. The number of aliphatic hydroxyl groups is 3. The lowest BCUT2D eigenvalue weighted by atomic mass is 9.97. The van der Waals surface area contributed by atoms with Gasteiger partial charge in [-0.15, -0.1) is 0 Å². The van der Waals surface area contributed by atoms with Gasteiger partial charge in [-0.3, -0.25) is 9.32 Å². The van der Waals surface area contributed by atoms with Gasteiger partial charge in [-0.1, -0.05) is 0 Å². The van der Waals surface area contributed by atoms with Crippen LogP contribution in [0.4, 0.5) is 0 Å². The molecule has 0 aromatic heterocycles. The van der Waals surface area contributed by atoms with Crippen LogP contribution in [0.3, 0.4) is 0 Å². The molecule has 0 spiro atoms. The first-order valence-corrected chi connectivity index (χ1v) is 6.82. The molecule has 10 nitrogen and oxygen atoms in total. The van der Waals surface area contributed by atoms with Gasteiger partial charge in [-0.25, -0.2) is 4.57 Å². The average molecular weight is 301 g/mol. The Labute approximate surface area is 108 Å². The van der Waals surface area contributed by atoms with Crippen molar-refractivity contribution in [1.82, 2.24) is 5.32 Å². The number of hydrogen-bond donors (Lipinski definition) is 6. The van der Waals surface area contributed by atoms with Crippen LogP contribution in [0.1, 0.15) is 6.92 Å². The summed E-state index contributed by atoms with van der Waals surface area (Å²) in [5.74, 6) is -0.624. The summed E-state index contributed by atoms with van der Waals surface area (Å²) in [5, 5.41) is 30.5. The number of rotatable bonds is 4. The van der Waals surface area contributed by atoms with E-state index in [2.05, 4.69) is 9.84 Å². The molecular weight excluding hydrogens is 285 g/mol. The molecule has 1 saturated heterocycles. The van der Waals surface area contributed by atoms with Crippen molar-refractivity contribution in [2.45, 2.75) is 37.6 Å². The monoisotopic (exact) mass is 301 g/mol. The van der Waals surface area contributed by atoms with Gasteiger partial charge in [0.05, 0.1) is 6.61 Å². The van der Waals surface area contributed by atoms with Crippen molar-refractivity contribution in [1.29, 1.82) is 0 Å². The van der Waals surface area contributed by atoms with E-state index in [1.54, 1.807) is 0 Å². The van der Waals surface area contributed by atoms with Crippen LogP contribution >= 0.6 is 7.82 Å². The van der Waals surface area contributed by atoms with Crippen LogP contribution in [-0.4, -0.2) is 68.3 Å². The zero-order valence-corrected chi connectivity index (χ0v) is 10.8. The molecule has 0 aromatic rings. The van der Waals surface area contributed by atoms with Crippen molar-refractivity contribution in [3.63, 3.8) is 0 Å². The molecule has 0 aliphatic carbocycles. The van der Waals surface area contributed by atoms with E-state index in [9.17, 15) is 19.6 Å². The minimum atomic E-state index is -4.95. The lowest BCUT2D eigenvalue weighted by molar-refractivity contribution is -0.248. The second-order valence-electron chi connectivity index (χ2n) is 4.03. The summed E-state index contributed by atoms with van der Waals surface area (Å²) in [6, 6.07) is -1.39. The summed E-state index contributed by atoms with van der Waals surface area (Å²) in [5.41, 5.74) is 0. The Morgan fingerprint density at radius 1 is 1.37 bits per heavy atom. The first-order valence-electron chi connectivity index (χ1n) is 5.29. The second kappa shape index (κ2) is 6.25. The Bertz CT molecular complexity index is 371. The van der Waals surface area contributed by atoms with Crippen LogP contribution in [0.2, 0.25) is 0 Å². The smallest absolute Gasteiger partial charge is 0.394 e. The fourth-order valence-corrected chi connectivity index (χ4v) is 2.15. The van der Waals surface area contributed by atoms with E-state index in [0.717, 1.165) is 6.92 Å². The molecule has 112 valence electrons. The summed E-state index contributed by atoms with van der Waals surface area (Å²) >= 11 is 0. The quantitative estimate of drug-likeness (QED) is 0.297. The molecule has 1 fully saturated rings. The number of carbonyl (C=O) groups is 1. The Morgan fingerprint density at radius 2 is 1.95 bits per heavy atom. The van der Waals surface area contributed by atoms with Crippen LogP contribution in [0, 0.1) is 0 Å². The molecule has 0 saturated carbocycles. The van der Waals surface area contributed by atoms with Crippen molar-refractivity contribution in [3.05, 3.63) is 0 Å². The van der Waals surface area contributed by atoms with Crippen LogP contribution in [-0.2, 0) is 18.6 Å². The third-order valence-corrected chi connectivity index (χ3v) is 2.97. The van der Waals surface area contributed by atoms with E-state index < -0.39 is 51.0 Å². The maximum absolute atomic E-state index is 11.0. The molecule has 1 rings (SSSR count). The topological polar surface area (TPSA) is 166 Å². The molecule has 1 amide bonds. The molecule has 0 bridgehead atoms. The Morgan fingerprint density at radius 3 is 2.37 bits per heavy atom. The van der Waals surface area contributed by atoms with E-state index in [4.69, 9.17) is 19.6 Å². The Balaban J connectivity index is 2.92. The predicted octanol–water partition coefficient (Wildman–Crippen LogP) is -2.96. The third-order valence-electron chi connectivity index (χ3n) is 2.49. The fraction of sp³-hybridized carbons (Fsp3) is 0.875. The molecule has 11 heteroatoms. The second-order valence-corrected chi connectivity index (χ2v) is 5.22. The molecule has 0 aromatic carbocycles. The van der Waals surface area contributed by atoms with Gasteiger partial charge >= 0.3 is 7.82 Å². The van der Waals surface area contributed by atoms with E-state index in [-0.39, 0.29) is 0 Å². The molecule has 1 unspecified atom stereocenters. The van der Waals surface area contributed by atoms with Gasteiger partial charge in [0.2, 0.25) is 5.91 Å². The number of phosphoric ester groups is 1. The molecule has 1 aliphatic rings. The summed E-state index contributed by atoms with van der Waals surface area (Å²) in [6.07, 6.45) is -6.17. The van der Waals surface area contributed by atoms with Crippen molar-refractivity contribution in [3.8, 4) is 0 Å². The lowest BCUT2D eigenvalue weighted by Crippen LogP contribution is -2.64. The molecule has 19 heavy (non-hydrogen) atoms. The maximum Gasteiger partial charge on any atom is 0.472 e. The molecule has 0 radical (unpaired) electrons. The highest BCUT2D eigenvalue weighted by molar-refractivity contribution is 7.46. The van der Waals surface area contributed by atoms with Gasteiger partial charge in [0.1, 0.15) is 24.4 Å². The normalized spacial score (nSPS) is 36.0. The van der Waals surface area contributed by atoms with Crippen LogP contribution in [0.5, 0.6) is 0 Å². The lowest BCUT2D eigenvalue weighted by Gasteiger charge is -2.41. The van der Waals surface area contributed by atoms with Gasteiger partial charge in [0.25, 0.3) is 0 Å². The van der Waals surface area contributed by atoms with Gasteiger partial charge in [0.15, 0.2) is 6.29 Å². The first kappa shape index (κ1) is 16.5. The summed E-state index contributed by atoms with van der Waals surface area (Å²) in [6.45, 7) is 0.401. The van der Waals surface area contributed by atoms with E-state index in [0.29, 0.717) is 0 Å².